The lowest BCUT2D eigenvalue weighted by Gasteiger charge is -2.23. The van der Waals surface area contributed by atoms with Gasteiger partial charge >= 0.3 is 0 Å². The first kappa shape index (κ1) is 8.51. The first-order chi connectivity index (χ1) is 6.20. The lowest BCUT2D eigenvalue weighted by atomic mass is 9.87. The van der Waals surface area contributed by atoms with E-state index in [1.807, 2.05) is 0 Å². The Hall–Kier alpha value is -1.09. The number of nitrogens with two attached hydrogens (primary N) is 1. The average molecular weight is 181 g/mol. The van der Waals surface area contributed by atoms with Crippen LogP contribution in [0.15, 0.2) is 12.1 Å². The van der Waals surface area contributed by atoms with E-state index in [9.17, 15) is 9.50 Å². The van der Waals surface area contributed by atoms with Crippen molar-refractivity contribution in [1.29, 1.82) is 0 Å². The molecule has 0 spiro atoms. The van der Waals surface area contributed by atoms with E-state index in [4.69, 9.17) is 5.73 Å². The maximum atomic E-state index is 13.3. The van der Waals surface area contributed by atoms with Crippen LogP contribution in [0, 0.1) is 5.82 Å². The van der Waals surface area contributed by atoms with E-state index in [1.165, 1.54) is 12.1 Å². The molecule has 13 heavy (non-hydrogen) atoms. The van der Waals surface area contributed by atoms with Gasteiger partial charge in [0.25, 0.3) is 0 Å². The van der Waals surface area contributed by atoms with Gasteiger partial charge in [0.2, 0.25) is 0 Å². The highest BCUT2D eigenvalue weighted by molar-refractivity contribution is 5.43. The molecule has 1 aromatic carbocycles. The molecule has 3 heteroatoms. The summed E-state index contributed by atoms with van der Waals surface area (Å²) in [6.07, 6.45) is 2.45. The molecule has 0 amide bonds. The Bertz CT molecular complexity index is 338. The number of hydrogen-bond donors (Lipinski definition) is 2. The maximum absolute atomic E-state index is 13.3. The van der Waals surface area contributed by atoms with E-state index in [1.54, 1.807) is 0 Å². The molecule has 0 radical (unpaired) electrons. The first-order valence-corrected chi connectivity index (χ1v) is 4.46. The average Bonchev–Trinajstić information content (AvgIpc) is 2.12. The van der Waals surface area contributed by atoms with Gasteiger partial charge in [-0.1, -0.05) is 0 Å². The van der Waals surface area contributed by atoms with Crippen molar-refractivity contribution in [1.82, 2.24) is 0 Å². The number of aromatic hydroxyl groups is 1. The lowest BCUT2D eigenvalue weighted by molar-refractivity contribution is 0.445. The Labute approximate surface area is 76.2 Å². The summed E-state index contributed by atoms with van der Waals surface area (Å²) in [4.78, 5) is 0. The number of phenols is 1. The van der Waals surface area contributed by atoms with Gasteiger partial charge in [0, 0.05) is 17.2 Å². The third kappa shape index (κ3) is 1.29. The highest BCUT2D eigenvalue weighted by Gasteiger charge is 2.22. The fourth-order valence-electron chi connectivity index (χ4n) is 1.93. The molecule has 1 atom stereocenters. The number of fused-ring (bicyclic) bond motifs is 1. The molecular formula is C10H12FNO. The zero-order valence-electron chi connectivity index (χ0n) is 7.26. The van der Waals surface area contributed by atoms with Crippen LogP contribution in [-0.2, 0) is 6.42 Å². The van der Waals surface area contributed by atoms with Crippen molar-refractivity contribution in [3.8, 4) is 5.75 Å². The normalized spacial score (nSPS) is 21.2. The Balaban J connectivity index is 2.60. The van der Waals surface area contributed by atoms with Crippen LogP contribution in [0.25, 0.3) is 0 Å². The Morgan fingerprint density at radius 2 is 2.23 bits per heavy atom. The molecule has 3 N–H and O–H groups in total. The molecule has 0 bridgehead atoms. The number of rotatable bonds is 0. The molecule has 1 aliphatic carbocycles. The molecule has 0 saturated carbocycles. The SMILES string of the molecule is N[C@@H]1CCCc2c(O)ccc(F)c21. The third-order valence-electron chi connectivity index (χ3n) is 2.59. The topological polar surface area (TPSA) is 46.2 Å². The largest absolute Gasteiger partial charge is 0.508 e. The Morgan fingerprint density at radius 1 is 1.46 bits per heavy atom. The van der Waals surface area contributed by atoms with Gasteiger partial charge in [0.15, 0.2) is 0 Å². The number of benzene rings is 1. The monoisotopic (exact) mass is 181 g/mol. The fourth-order valence-corrected chi connectivity index (χ4v) is 1.93. The molecular weight excluding hydrogens is 169 g/mol. The van der Waals surface area contributed by atoms with E-state index in [0.29, 0.717) is 11.1 Å². The molecule has 0 saturated heterocycles. The van der Waals surface area contributed by atoms with Crippen LogP contribution in [0.2, 0.25) is 0 Å². The van der Waals surface area contributed by atoms with Crippen molar-refractivity contribution in [3.05, 3.63) is 29.1 Å². The van der Waals surface area contributed by atoms with Crippen LogP contribution in [0.5, 0.6) is 5.75 Å². The van der Waals surface area contributed by atoms with Crippen LogP contribution in [0.1, 0.15) is 30.0 Å². The second-order valence-electron chi connectivity index (χ2n) is 3.46. The van der Waals surface area contributed by atoms with Crippen molar-refractivity contribution < 1.29 is 9.50 Å². The zero-order valence-corrected chi connectivity index (χ0v) is 7.26. The van der Waals surface area contributed by atoms with Crippen molar-refractivity contribution >= 4 is 0 Å². The molecule has 0 heterocycles. The van der Waals surface area contributed by atoms with E-state index in [0.717, 1.165) is 19.3 Å². The number of hydrogen-bond acceptors (Lipinski definition) is 2. The second-order valence-corrected chi connectivity index (χ2v) is 3.46. The molecule has 2 nitrogen and oxygen atoms in total. The standard InChI is InChI=1S/C10H12FNO/c11-7-4-5-9(13)6-2-1-3-8(12)10(6)7/h4-5,8,13H,1-3,12H2/t8-/m1/s1. The highest BCUT2D eigenvalue weighted by atomic mass is 19.1. The second kappa shape index (κ2) is 3.00. The molecule has 0 unspecified atom stereocenters. The van der Waals surface area contributed by atoms with Crippen LogP contribution in [0.4, 0.5) is 4.39 Å². The third-order valence-corrected chi connectivity index (χ3v) is 2.59. The van der Waals surface area contributed by atoms with Crippen LogP contribution in [0.3, 0.4) is 0 Å². The Kier molecular flexibility index (Phi) is 1.96. The van der Waals surface area contributed by atoms with E-state index < -0.39 is 0 Å². The number of halogens is 1. The predicted molar refractivity (Wildman–Crippen MR) is 47.9 cm³/mol. The van der Waals surface area contributed by atoms with Crippen LogP contribution < -0.4 is 5.73 Å². The molecule has 0 aliphatic heterocycles. The van der Waals surface area contributed by atoms with Crippen molar-refractivity contribution in [3.63, 3.8) is 0 Å². The predicted octanol–water partition coefficient (Wildman–Crippen LogP) is 1.87. The van der Waals surface area contributed by atoms with Crippen LogP contribution in [-0.4, -0.2) is 5.11 Å². The van der Waals surface area contributed by atoms with E-state index >= 15 is 0 Å². The summed E-state index contributed by atoms with van der Waals surface area (Å²) >= 11 is 0. The highest BCUT2D eigenvalue weighted by Crippen LogP contribution is 2.35. The molecule has 1 aromatic rings. The van der Waals surface area contributed by atoms with Gasteiger partial charge in [-0.3, -0.25) is 0 Å². The van der Waals surface area contributed by atoms with Gasteiger partial charge in [-0.05, 0) is 31.4 Å². The van der Waals surface area contributed by atoms with E-state index in [2.05, 4.69) is 0 Å². The molecule has 70 valence electrons. The van der Waals surface area contributed by atoms with Gasteiger partial charge in [0.1, 0.15) is 11.6 Å². The Morgan fingerprint density at radius 3 is 2.92 bits per heavy atom. The summed E-state index contributed by atoms with van der Waals surface area (Å²) in [5.41, 5.74) is 6.96. The lowest BCUT2D eigenvalue weighted by Crippen LogP contribution is -2.19. The van der Waals surface area contributed by atoms with Gasteiger partial charge in [-0.15, -0.1) is 0 Å². The van der Waals surface area contributed by atoms with Crippen molar-refractivity contribution in [2.45, 2.75) is 25.3 Å². The van der Waals surface area contributed by atoms with Gasteiger partial charge in [-0.25, -0.2) is 4.39 Å². The maximum Gasteiger partial charge on any atom is 0.128 e. The van der Waals surface area contributed by atoms with E-state index in [-0.39, 0.29) is 17.6 Å². The summed E-state index contributed by atoms with van der Waals surface area (Å²) in [6, 6.07) is 2.42. The zero-order chi connectivity index (χ0) is 9.42. The minimum Gasteiger partial charge on any atom is -0.508 e. The summed E-state index contributed by atoms with van der Waals surface area (Å²) in [7, 11) is 0. The smallest absolute Gasteiger partial charge is 0.128 e. The van der Waals surface area contributed by atoms with Gasteiger partial charge in [-0.2, -0.15) is 0 Å². The summed E-state index contributed by atoms with van der Waals surface area (Å²) < 4.78 is 13.3. The van der Waals surface area contributed by atoms with Crippen LogP contribution >= 0.6 is 0 Å². The minimum absolute atomic E-state index is 0.173. The number of phenolic OH excluding ortho intramolecular Hbond substituents is 1. The first-order valence-electron chi connectivity index (χ1n) is 4.46. The van der Waals surface area contributed by atoms with Gasteiger partial charge in [0.05, 0.1) is 0 Å². The molecule has 1 aliphatic rings. The summed E-state index contributed by atoms with van der Waals surface area (Å²) in [6.45, 7) is 0. The molecule has 0 fully saturated rings. The van der Waals surface area contributed by atoms with Crippen molar-refractivity contribution in [2.75, 3.05) is 0 Å². The van der Waals surface area contributed by atoms with Crippen molar-refractivity contribution in [2.24, 2.45) is 5.73 Å². The quantitative estimate of drug-likeness (QED) is 0.641. The molecule has 0 aromatic heterocycles. The summed E-state index contributed by atoms with van der Waals surface area (Å²) in [5, 5.41) is 9.48. The van der Waals surface area contributed by atoms with Gasteiger partial charge < -0.3 is 10.8 Å². The molecule has 2 rings (SSSR count). The minimum atomic E-state index is -0.292. The fraction of sp³-hybridized carbons (Fsp3) is 0.400. The summed E-state index contributed by atoms with van der Waals surface area (Å²) in [5.74, 6) is -0.119.